The third kappa shape index (κ3) is 67.3. The molecule has 1 unspecified atom stereocenters. The summed E-state index contributed by atoms with van der Waals surface area (Å²) in [4.78, 5) is 38.3. The topological polar surface area (TPSA) is 78.9 Å². The van der Waals surface area contributed by atoms with Gasteiger partial charge in [-0.3, -0.25) is 14.4 Å². The maximum Gasteiger partial charge on any atom is 0.309 e. The van der Waals surface area contributed by atoms with E-state index in [2.05, 4.69) is 93.7 Å². The molecule has 6 heteroatoms. The van der Waals surface area contributed by atoms with E-state index in [9.17, 15) is 14.4 Å². The van der Waals surface area contributed by atoms with E-state index in [1.807, 2.05) is 12.2 Å². The van der Waals surface area contributed by atoms with Gasteiger partial charge in [0.25, 0.3) is 0 Å². The highest BCUT2D eigenvalue weighted by Gasteiger charge is 2.19. The molecule has 1 atom stereocenters. The second-order valence-electron chi connectivity index (χ2n) is 23.4. The van der Waals surface area contributed by atoms with Gasteiger partial charge in [-0.1, -0.05) is 343 Å². The zero-order valence-electron chi connectivity index (χ0n) is 53.8. The summed E-state index contributed by atoms with van der Waals surface area (Å²) in [7, 11) is 0. The zero-order valence-corrected chi connectivity index (χ0v) is 53.8. The molecule has 0 fully saturated rings. The van der Waals surface area contributed by atoms with Crippen LogP contribution in [0.4, 0.5) is 0 Å². The standard InChI is InChI=1S/C75H132O6/c1-4-7-10-13-16-19-22-25-28-30-32-33-34-35-36-37-38-39-40-41-43-44-47-50-53-56-59-62-65-68-74(77)80-71-72(70-79-73(76)67-64-61-58-55-52-49-46-27-24-21-18-15-12-9-6-3)81-75(78)69-66-63-60-57-54-51-48-45-42-31-29-26-23-20-17-14-11-8-5-2/h9,12,18,21-22,25,27,30,32,46,52,55,61,64,72H,4-8,10-11,13-17,19-20,23-24,26,28-29,31,33-45,47-51,53-54,56-60,62-63,65-71H2,1-3H3/b12-9-,21-18-,25-22-,32-30-,46-27-,55-52-,64-61-. The van der Waals surface area contributed by atoms with Gasteiger partial charge < -0.3 is 14.2 Å². The highest BCUT2D eigenvalue weighted by molar-refractivity contribution is 5.72. The molecule has 0 aromatic rings. The van der Waals surface area contributed by atoms with Crippen LogP contribution in [0.1, 0.15) is 355 Å². The van der Waals surface area contributed by atoms with Crippen molar-refractivity contribution in [2.75, 3.05) is 13.2 Å². The first-order valence-corrected chi connectivity index (χ1v) is 35.1. The van der Waals surface area contributed by atoms with Crippen molar-refractivity contribution in [3.8, 4) is 0 Å². The average Bonchev–Trinajstić information content (AvgIpc) is 3.47. The molecule has 0 saturated heterocycles. The minimum atomic E-state index is -0.815. The van der Waals surface area contributed by atoms with Crippen LogP contribution in [-0.2, 0) is 28.6 Å². The number of hydrogen-bond donors (Lipinski definition) is 0. The molecule has 6 nitrogen and oxygen atoms in total. The van der Waals surface area contributed by atoms with E-state index in [1.165, 1.54) is 238 Å². The molecule has 0 N–H and O–H groups in total. The van der Waals surface area contributed by atoms with Crippen molar-refractivity contribution >= 4 is 17.9 Å². The molecular formula is C75H132O6. The third-order valence-corrected chi connectivity index (χ3v) is 15.4. The summed E-state index contributed by atoms with van der Waals surface area (Å²) in [5.41, 5.74) is 0. The van der Waals surface area contributed by atoms with Gasteiger partial charge in [0.15, 0.2) is 6.10 Å². The van der Waals surface area contributed by atoms with E-state index in [0.717, 1.165) is 77.0 Å². The lowest BCUT2D eigenvalue weighted by Gasteiger charge is -2.18. The van der Waals surface area contributed by atoms with E-state index in [-0.39, 0.29) is 31.6 Å². The van der Waals surface area contributed by atoms with Crippen LogP contribution < -0.4 is 0 Å². The predicted molar refractivity (Wildman–Crippen MR) is 353 cm³/mol. The SMILES string of the molecule is CC/C=C\C/C=C\C/C=C\C/C=C\C/C=C\CC(=O)OCC(COC(=O)CCCCCCCCCCCCCCCCCCC/C=C\C/C=C\CCCCCCC)OC(=O)CCCCCCCCCCCCCCCCCCCCC. The van der Waals surface area contributed by atoms with Gasteiger partial charge in [0.2, 0.25) is 0 Å². The number of allylic oxidation sites excluding steroid dienone is 13. The molecule has 0 aromatic heterocycles. The maximum absolute atomic E-state index is 12.9. The Bertz CT molecular complexity index is 1530. The van der Waals surface area contributed by atoms with Crippen LogP contribution in [0.2, 0.25) is 0 Å². The van der Waals surface area contributed by atoms with Gasteiger partial charge in [-0.15, -0.1) is 0 Å². The first-order valence-electron chi connectivity index (χ1n) is 35.1. The van der Waals surface area contributed by atoms with Crippen LogP contribution in [0, 0.1) is 0 Å². The van der Waals surface area contributed by atoms with Crippen molar-refractivity contribution in [1.29, 1.82) is 0 Å². The van der Waals surface area contributed by atoms with Gasteiger partial charge in [-0.2, -0.15) is 0 Å². The fourth-order valence-electron chi connectivity index (χ4n) is 10.2. The third-order valence-electron chi connectivity index (χ3n) is 15.4. The Balaban J connectivity index is 4.29. The molecule has 0 rings (SSSR count). The summed E-state index contributed by atoms with van der Waals surface area (Å²) >= 11 is 0. The van der Waals surface area contributed by atoms with Gasteiger partial charge in [-0.25, -0.2) is 0 Å². The lowest BCUT2D eigenvalue weighted by Crippen LogP contribution is -2.30. The van der Waals surface area contributed by atoms with Gasteiger partial charge in [0.05, 0.1) is 6.42 Å². The number of rotatable bonds is 64. The second kappa shape index (κ2) is 69.1. The van der Waals surface area contributed by atoms with Crippen molar-refractivity contribution in [3.63, 3.8) is 0 Å². The fraction of sp³-hybridized carbons (Fsp3) is 0.773. The number of carbonyl (C=O) groups excluding carboxylic acids is 3. The van der Waals surface area contributed by atoms with Crippen molar-refractivity contribution < 1.29 is 28.6 Å². The Hall–Kier alpha value is -3.41. The molecule has 0 aromatic carbocycles. The molecule has 0 bridgehead atoms. The van der Waals surface area contributed by atoms with Gasteiger partial charge in [0, 0.05) is 12.8 Å². The van der Waals surface area contributed by atoms with Crippen LogP contribution in [0.3, 0.4) is 0 Å². The summed E-state index contributed by atoms with van der Waals surface area (Å²) in [6.45, 7) is 6.48. The minimum Gasteiger partial charge on any atom is -0.462 e. The summed E-state index contributed by atoms with van der Waals surface area (Å²) in [5, 5.41) is 0. The Labute approximate surface area is 503 Å². The minimum absolute atomic E-state index is 0.102. The van der Waals surface area contributed by atoms with E-state index in [1.54, 1.807) is 0 Å². The number of esters is 3. The molecule has 0 aliphatic rings. The lowest BCUT2D eigenvalue weighted by molar-refractivity contribution is -0.166. The monoisotopic (exact) mass is 1130 g/mol. The largest absolute Gasteiger partial charge is 0.462 e. The maximum atomic E-state index is 12.9. The van der Waals surface area contributed by atoms with Gasteiger partial charge >= 0.3 is 17.9 Å². The molecule has 0 saturated carbocycles. The smallest absolute Gasteiger partial charge is 0.309 e. The van der Waals surface area contributed by atoms with Crippen LogP contribution in [-0.4, -0.2) is 37.2 Å². The highest BCUT2D eigenvalue weighted by Crippen LogP contribution is 2.18. The lowest BCUT2D eigenvalue weighted by atomic mass is 10.0. The predicted octanol–water partition coefficient (Wildman–Crippen LogP) is 24.2. The van der Waals surface area contributed by atoms with Crippen molar-refractivity contribution in [1.82, 2.24) is 0 Å². The van der Waals surface area contributed by atoms with Crippen LogP contribution in [0.5, 0.6) is 0 Å². The summed E-state index contributed by atoms with van der Waals surface area (Å²) in [5.74, 6) is -1.02. The number of carbonyl (C=O) groups is 3. The molecule has 0 radical (unpaired) electrons. The van der Waals surface area contributed by atoms with Crippen LogP contribution in [0.15, 0.2) is 85.1 Å². The number of ether oxygens (including phenoxy) is 3. The Morgan fingerprint density at radius 3 is 0.864 bits per heavy atom. The quantitative estimate of drug-likeness (QED) is 0.0261. The molecule has 0 amide bonds. The Kier molecular flexibility index (Phi) is 66.2. The van der Waals surface area contributed by atoms with E-state index >= 15 is 0 Å². The van der Waals surface area contributed by atoms with E-state index in [4.69, 9.17) is 14.2 Å². The van der Waals surface area contributed by atoms with Crippen molar-refractivity contribution in [2.45, 2.75) is 361 Å². The Morgan fingerprint density at radius 1 is 0.272 bits per heavy atom. The molecule has 0 aliphatic carbocycles. The fourth-order valence-corrected chi connectivity index (χ4v) is 10.2. The molecule has 468 valence electrons. The second-order valence-corrected chi connectivity index (χ2v) is 23.4. The normalized spacial score (nSPS) is 12.6. The summed E-state index contributed by atoms with van der Waals surface area (Å²) in [6, 6.07) is 0. The highest BCUT2D eigenvalue weighted by atomic mass is 16.6. The van der Waals surface area contributed by atoms with Crippen molar-refractivity contribution in [3.05, 3.63) is 85.1 Å². The van der Waals surface area contributed by atoms with Crippen LogP contribution >= 0.6 is 0 Å². The number of unbranched alkanes of at least 4 members (excludes halogenated alkanes) is 40. The average molecular weight is 1130 g/mol. The summed E-state index contributed by atoms with van der Waals surface area (Å²) < 4.78 is 16.9. The molecule has 81 heavy (non-hydrogen) atoms. The summed E-state index contributed by atoms with van der Waals surface area (Å²) in [6.07, 6.45) is 92.2. The zero-order chi connectivity index (χ0) is 58.5. The molecule has 0 aliphatic heterocycles. The van der Waals surface area contributed by atoms with E-state index < -0.39 is 12.1 Å². The molecule has 0 heterocycles. The molecular weight excluding hydrogens is 997 g/mol. The first-order chi connectivity index (χ1) is 40.0. The first kappa shape index (κ1) is 77.6. The van der Waals surface area contributed by atoms with Gasteiger partial charge in [-0.05, 0) is 77.0 Å². The molecule has 0 spiro atoms. The van der Waals surface area contributed by atoms with Crippen molar-refractivity contribution in [2.24, 2.45) is 0 Å². The number of hydrogen-bond acceptors (Lipinski definition) is 6. The van der Waals surface area contributed by atoms with Crippen LogP contribution in [0.25, 0.3) is 0 Å². The van der Waals surface area contributed by atoms with E-state index in [0.29, 0.717) is 12.8 Å². The van der Waals surface area contributed by atoms with Gasteiger partial charge in [0.1, 0.15) is 13.2 Å². The Morgan fingerprint density at radius 2 is 0.531 bits per heavy atom.